The maximum atomic E-state index is 13.0. The summed E-state index contributed by atoms with van der Waals surface area (Å²) in [6, 6.07) is 2.63. The van der Waals surface area contributed by atoms with Crippen LogP contribution in [0.15, 0.2) is 12.1 Å². The Morgan fingerprint density at radius 1 is 1.22 bits per heavy atom. The van der Waals surface area contributed by atoms with Gasteiger partial charge in [-0.2, -0.15) is 5.26 Å². The predicted molar refractivity (Wildman–Crippen MR) is 56.6 cm³/mol. The Morgan fingerprint density at radius 3 is 2.06 bits per heavy atom. The van der Waals surface area contributed by atoms with Gasteiger partial charge in [0.1, 0.15) is 0 Å². The van der Waals surface area contributed by atoms with E-state index in [4.69, 9.17) is 5.26 Å². The molecule has 1 atom stereocenters. The number of benzene rings is 1. The van der Waals surface area contributed by atoms with Crippen molar-refractivity contribution in [3.63, 3.8) is 0 Å². The Balaban J connectivity index is 2.48. The first-order valence-electron chi connectivity index (χ1n) is 5.21. The minimum Gasteiger partial charge on any atom is -0.270 e. The van der Waals surface area contributed by atoms with E-state index < -0.39 is 29.5 Å². The molecule has 1 aliphatic heterocycles. The monoisotopic (exact) mass is 250 g/mol. The van der Waals surface area contributed by atoms with E-state index in [2.05, 4.69) is 0 Å². The quantitative estimate of drug-likeness (QED) is 0.753. The second-order valence-corrected chi connectivity index (χ2v) is 4.00. The summed E-state index contributed by atoms with van der Waals surface area (Å²) in [6.07, 6.45) is -0.0313. The summed E-state index contributed by atoms with van der Waals surface area (Å²) in [7, 11) is 0. The molecule has 0 radical (unpaired) electrons. The van der Waals surface area contributed by atoms with Crippen LogP contribution in [-0.4, -0.2) is 22.8 Å². The van der Waals surface area contributed by atoms with Crippen LogP contribution in [0, 0.1) is 23.0 Å². The lowest BCUT2D eigenvalue weighted by Gasteiger charge is -2.19. The van der Waals surface area contributed by atoms with Gasteiger partial charge in [-0.1, -0.05) is 0 Å². The van der Waals surface area contributed by atoms with Gasteiger partial charge in [0.25, 0.3) is 11.8 Å². The lowest BCUT2D eigenvalue weighted by atomic mass is 10.1. The van der Waals surface area contributed by atoms with Crippen LogP contribution in [0.5, 0.6) is 0 Å². The molecule has 0 bridgehead atoms. The van der Waals surface area contributed by atoms with Crippen LogP contribution in [0.25, 0.3) is 0 Å². The van der Waals surface area contributed by atoms with Gasteiger partial charge in [0.2, 0.25) is 0 Å². The highest BCUT2D eigenvalue weighted by Gasteiger charge is 2.39. The van der Waals surface area contributed by atoms with Gasteiger partial charge in [-0.3, -0.25) is 14.5 Å². The van der Waals surface area contributed by atoms with E-state index in [1.54, 1.807) is 0 Å². The Hall–Kier alpha value is -2.29. The first kappa shape index (κ1) is 12.2. The van der Waals surface area contributed by atoms with Crippen molar-refractivity contribution < 1.29 is 18.4 Å². The molecule has 0 fully saturated rings. The molecule has 0 saturated heterocycles. The van der Waals surface area contributed by atoms with Crippen LogP contribution in [0.3, 0.4) is 0 Å². The van der Waals surface area contributed by atoms with Crippen molar-refractivity contribution >= 4 is 11.8 Å². The van der Waals surface area contributed by atoms with Crippen LogP contribution in [0.1, 0.15) is 34.1 Å². The number of fused-ring (bicyclic) bond motifs is 1. The highest BCUT2D eigenvalue weighted by molar-refractivity contribution is 6.21. The van der Waals surface area contributed by atoms with Crippen molar-refractivity contribution in [3.8, 4) is 6.07 Å². The summed E-state index contributed by atoms with van der Waals surface area (Å²) >= 11 is 0. The topological polar surface area (TPSA) is 61.2 Å². The van der Waals surface area contributed by atoms with Gasteiger partial charge in [-0.05, 0) is 19.1 Å². The van der Waals surface area contributed by atoms with E-state index >= 15 is 0 Å². The number of carbonyl (C=O) groups excluding carboxylic acids is 2. The number of hydrogen-bond donors (Lipinski definition) is 0. The molecule has 1 aromatic rings. The Kier molecular flexibility index (Phi) is 2.83. The number of rotatable bonds is 2. The standard InChI is InChI=1S/C12H8F2N2O2/c1-6(2-3-15)16-11(17)7-4-9(13)10(14)5-8(7)12(16)18/h4-6H,2H2,1H3. The second-order valence-electron chi connectivity index (χ2n) is 4.00. The predicted octanol–water partition coefficient (Wildman–Crippen LogP) is 1.86. The molecule has 1 heterocycles. The van der Waals surface area contributed by atoms with Crippen molar-refractivity contribution in [2.24, 2.45) is 0 Å². The first-order valence-corrected chi connectivity index (χ1v) is 5.21. The van der Waals surface area contributed by atoms with Crippen molar-refractivity contribution in [1.29, 1.82) is 5.26 Å². The SMILES string of the molecule is CC(CC#N)N1C(=O)c2cc(F)c(F)cc2C1=O. The minimum atomic E-state index is -1.18. The van der Waals surface area contributed by atoms with Gasteiger partial charge < -0.3 is 0 Å². The Labute approximate surface area is 101 Å². The molecular weight excluding hydrogens is 242 g/mol. The summed E-state index contributed by atoms with van der Waals surface area (Å²) in [6.45, 7) is 1.53. The van der Waals surface area contributed by atoms with Crippen molar-refractivity contribution in [2.45, 2.75) is 19.4 Å². The molecule has 1 aliphatic rings. The van der Waals surface area contributed by atoms with Gasteiger partial charge in [0.05, 0.1) is 29.7 Å². The van der Waals surface area contributed by atoms with E-state index in [1.165, 1.54) is 6.92 Å². The molecule has 0 aliphatic carbocycles. The summed E-state index contributed by atoms with van der Waals surface area (Å²) in [4.78, 5) is 24.6. The molecule has 4 nitrogen and oxygen atoms in total. The fraction of sp³-hybridized carbons (Fsp3) is 0.250. The molecule has 2 rings (SSSR count). The van der Waals surface area contributed by atoms with E-state index in [1.807, 2.05) is 6.07 Å². The summed E-state index contributed by atoms with van der Waals surface area (Å²) in [5, 5.41) is 8.56. The maximum absolute atomic E-state index is 13.0. The van der Waals surface area contributed by atoms with Crippen LogP contribution in [0.2, 0.25) is 0 Å². The molecule has 1 unspecified atom stereocenters. The van der Waals surface area contributed by atoms with E-state index in [0.717, 1.165) is 4.90 Å². The summed E-state index contributed by atoms with van der Waals surface area (Å²) < 4.78 is 26.1. The molecule has 0 aromatic heterocycles. The molecule has 2 amide bonds. The third-order valence-electron chi connectivity index (χ3n) is 2.79. The normalized spacial score (nSPS) is 15.6. The Bertz CT molecular complexity index is 551. The smallest absolute Gasteiger partial charge is 0.261 e. The zero-order chi connectivity index (χ0) is 13.4. The van der Waals surface area contributed by atoms with Crippen molar-refractivity contribution in [2.75, 3.05) is 0 Å². The van der Waals surface area contributed by atoms with Gasteiger partial charge >= 0.3 is 0 Å². The lowest BCUT2D eigenvalue weighted by Crippen LogP contribution is -2.37. The Morgan fingerprint density at radius 2 is 1.67 bits per heavy atom. The molecule has 0 spiro atoms. The largest absolute Gasteiger partial charge is 0.270 e. The van der Waals surface area contributed by atoms with Crippen molar-refractivity contribution in [1.82, 2.24) is 4.90 Å². The van der Waals surface area contributed by atoms with Gasteiger partial charge in [-0.15, -0.1) is 0 Å². The number of amides is 2. The zero-order valence-corrected chi connectivity index (χ0v) is 9.41. The maximum Gasteiger partial charge on any atom is 0.261 e. The van der Waals surface area contributed by atoms with E-state index in [-0.39, 0.29) is 17.5 Å². The molecule has 92 valence electrons. The van der Waals surface area contributed by atoms with Crippen molar-refractivity contribution in [3.05, 3.63) is 34.9 Å². The lowest BCUT2D eigenvalue weighted by molar-refractivity contribution is 0.0599. The summed E-state index contributed by atoms with van der Waals surface area (Å²) in [5.74, 6) is -3.75. The van der Waals surface area contributed by atoms with Crippen LogP contribution in [-0.2, 0) is 0 Å². The molecular formula is C12H8F2N2O2. The molecule has 0 N–H and O–H groups in total. The molecule has 1 aromatic carbocycles. The number of nitrogens with zero attached hydrogens (tertiary/aromatic N) is 2. The number of imide groups is 1. The highest BCUT2D eigenvalue weighted by Crippen LogP contribution is 2.27. The summed E-state index contributed by atoms with van der Waals surface area (Å²) in [5.41, 5.74) is -0.327. The third-order valence-corrected chi connectivity index (χ3v) is 2.79. The van der Waals surface area contributed by atoms with Crippen LogP contribution in [0.4, 0.5) is 8.78 Å². The number of halogens is 2. The fourth-order valence-corrected chi connectivity index (χ4v) is 1.88. The second kappa shape index (κ2) is 4.18. The van der Waals surface area contributed by atoms with Gasteiger partial charge in [-0.25, -0.2) is 8.78 Å². The van der Waals surface area contributed by atoms with Crippen LogP contribution >= 0.6 is 0 Å². The number of carbonyl (C=O) groups is 2. The van der Waals surface area contributed by atoms with Gasteiger partial charge in [0.15, 0.2) is 11.6 Å². The number of hydrogen-bond acceptors (Lipinski definition) is 3. The van der Waals surface area contributed by atoms with E-state index in [9.17, 15) is 18.4 Å². The van der Waals surface area contributed by atoms with E-state index in [0.29, 0.717) is 12.1 Å². The molecule has 18 heavy (non-hydrogen) atoms. The molecule has 0 saturated carbocycles. The first-order chi connectivity index (χ1) is 8.47. The average molecular weight is 250 g/mol. The third kappa shape index (κ3) is 1.64. The van der Waals surface area contributed by atoms with Gasteiger partial charge in [0, 0.05) is 0 Å². The minimum absolute atomic E-state index is 0.0313. The zero-order valence-electron chi connectivity index (χ0n) is 9.41. The number of nitriles is 1. The fourth-order valence-electron chi connectivity index (χ4n) is 1.88. The molecule has 6 heteroatoms. The highest BCUT2D eigenvalue weighted by atomic mass is 19.2. The van der Waals surface area contributed by atoms with Crippen LogP contribution < -0.4 is 0 Å². The average Bonchev–Trinajstić information content (AvgIpc) is 2.53.